The Morgan fingerprint density at radius 1 is 1.60 bits per heavy atom. The zero-order valence-corrected chi connectivity index (χ0v) is 9.95. The van der Waals surface area contributed by atoms with Crippen LogP contribution in [0.15, 0.2) is 0 Å². The average Bonchev–Trinajstić information content (AvgIpc) is 2.63. The SMILES string of the molecule is COC(=O)C(C)(C)CN1CCCC1CN. The maximum absolute atomic E-state index is 11.5. The number of carbonyl (C=O) groups excluding carboxylic acids is 1. The van der Waals surface area contributed by atoms with Gasteiger partial charge in [-0.1, -0.05) is 0 Å². The molecule has 1 unspecified atom stereocenters. The van der Waals surface area contributed by atoms with Crippen LogP contribution in [0.4, 0.5) is 0 Å². The van der Waals surface area contributed by atoms with Gasteiger partial charge in [-0.25, -0.2) is 0 Å². The zero-order chi connectivity index (χ0) is 11.5. The number of ether oxygens (including phenoxy) is 1. The highest BCUT2D eigenvalue weighted by Gasteiger charge is 2.34. The summed E-state index contributed by atoms with van der Waals surface area (Å²) in [6.45, 7) is 6.30. The Hall–Kier alpha value is -0.610. The molecule has 1 fully saturated rings. The summed E-state index contributed by atoms with van der Waals surface area (Å²) in [5, 5.41) is 0. The number of hydrogen-bond donors (Lipinski definition) is 1. The number of hydrogen-bond acceptors (Lipinski definition) is 4. The van der Waals surface area contributed by atoms with E-state index in [0.29, 0.717) is 12.6 Å². The molecule has 0 aromatic carbocycles. The first-order chi connectivity index (χ1) is 7.01. The molecule has 0 amide bonds. The quantitative estimate of drug-likeness (QED) is 0.697. The fraction of sp³-hybridized carbons (Fsp3) is 0.909. The van der Waals surface area contributed by atoms with Crippen molar-refractivity contribution < 1.29 is 9.53 Å². The summed E-state index contributed by atoms with van der Waals surface area (Å²) < 4.78 is 4.80. The average molecular weight is 214 g/mol. The van der Waals surface area contributed by atoms with Crippen LogP contribution in [0.25, 0.3) is 0 Å². The second kappa shape index (κ2) is 4.94. The minimum absolute atomic E-state index is 0.148. The monoisotopic (exact) mass is 214 g/mol. The van der Waals surface area contributed by atoms with Crippen molar-refractivity contribution in [1.82, 2.24) is 4.90 Å². The number of nitrogens with zero attached hydrogens (tertiary/aromatic N) is 1. The minimum atomic E-state index is -0.438. The molecule has 2 N–H and O–H groups in total. The predicted molar refractivity (Wildman–Crippen MR) is 59.4 cm³/mol. The molecule has 1 aliphatic heterocycles. The third-order valence-electron chi connectivity index (χ3n) is 3.11. The van der Waals surface area contributed by atoms with E-state index in [4.69, 9.17) is 10.5 Å². The Labute approximate surface area is 91.8 Å². The van der Waals surface area contributed by atoms with Gasteiger partial charge in [-0.2, -0.15) is 0 Å². The van der Waals surface area contributed by atoms with Crippen molar-refractivity contribution in [2.45, 2.75) is 32.7 Å². The molecule has 0 radical (unpaired) electrons. The highest BCUT2D eigenvalue weighted by molar-refractivity contribution is 5.76. The Balaban J connectivity index is 2.56. The van der Waals surface area contributed by atoms with Crippen molar-refractivity contribution in [1.29, 1.82) is 0 Å². The highest BCUT2D eigenvalue weighted by Crippen LogP contribution is 2.24. The fourth-order valence-electron chi connectivity index (χ4n) is 2.22. The number of carbonyl (C=O) groups is 1. The zero-order valence-electron chi connectivity index (χ0n) is 9.95. The van der Waals surface area contributed by atoms with Gasteiger partial charge < -0.3 is 10.5 Å². The molecule has 0 aromatic rings. The lowest BCUT2D eigenvalue weighted by atomic mass is 9.92. The van der Waals surface area contributed by atoms with Gasteiger partial charge in [0.05, 0.1) is 12.5 Å². The van der Waals surface area contributed by atoms with Crippen molar-refractivity contribution >= 4 is 5.97 Å². The van der Waals surface area contributed by atoms with Crippen LogP contribution in [-0.2, 0) is 9.53 Å². The molecule has 1 heterocycles. The van der Waals surface area contributed by atoms with E-state index in [1.165, 1.54) is 13.5 Å². The molecule has 1 aliphatic rings. The van der Waals surface area contributed by atoms with Crippen LogP contribution in [0.5, 0.6) is 0 Å². The van der Waals surface area contributed by atoms with E-state index in [0.717, 1.165) is 19.5 Å². The number of esters is 1. The summed E-state index contributed by atoms with van der Waals surface area (Å²) in [4.78, 5) is 13.8. The summed E-state index contributed by atoms with van der Waals surface area (Å²) in [6.07, 6.45) is 2.33. The van der Waals surface area contributed by atoms with Crippen molar-refractivity contribution in [3.63, 3.8) is 0 Å². The molecular formula is C11H22N2O2. The number of rotatable bonds is 4. The van der Waals surface area contributed by atoms with Crippen LogP contribution in [0.2, 0.25) is 0 Å². The molecule has 0 aromatic heterocycles. The fourth-order valence-corrected chi connectivity index (χ4v) is 2.22. The van der Waals surface area contributed by atoms with Gasteiger partial charge in [0.2, 0.25) is 0 Å². The molecular weight excluding hydrogens is 192 g/mol. The first-order valence-electron chi connectivity index (χ1n) is 5.54. The molecule has 88 valence electrons. The molecule has 0 saturated carbocycles. The molecule has 15 heavy (non-hydrogen) atoms. The van der Waals surface area contributed by atoms with Crippen molar-refractivity contribution in [2.75, 3.05) is 26.7 Å². The second-order valence-corrected chi connectivity index (χ2v) is 4.88. The minimum Gasteiger partial charge on any atom is -0.469 e. The smallest absolute Gasteiger partial charge is 0.312 e. The summed E-state index contributed by atoms with van der Waals surface area (Å²) in [5.41, 5.74) is 5.26. The van der Waals surface area contributed by atoms with Crippen molar-refractivity contribution in [3.8, 4) is 0 Å². The van der Waals surface area contributed by atoms with Crippen LogP contribution in [0, 0.1) is 5.41 Å². The summed E-state index contributed by atoms with van der Waals surface area (Å²) in [7, 11) is 1.44. The Kier molecular flexibility index (Phi) is 4.11. The van der Waals surface area contributed by atoms with Crippen LogP contribution in [0.3, 0.4) is 0 Å². The first-order valence-corrected chi connectivity index (χ1v) is 5.54. The predicted octanol–water partition coefficient (Wildman–Crippen LogP) is 0.609. The van der Waals surface area contributed by atoms with Crippen LogP contribution in [0.1, 0.15) is 26.7 Å². The summed E-state index contributed by atoms with van der Waals surface area (Å²) in [6, 6.07) is 0.439. The molecule has 0 spiro atoms. The van der Waals surface area contributed by atoms with E-state index in [9.17, 15) is 4.79 Å². The van der Waals surface area contributed by atoms with Gasteiger partial charge in [0.15, 0.2) is 0 Å². The first kappa shape index (κ1) is 12.5. The molecule has 0 aliphatic carbocycles. The Bertz CT molecular complexity index is 229. The van der Waals surface area contributed by atoms with Crippen LogP contribution < -0.4 is 5.73 Å². The Morgan fingerprint density at radius 2 is 2.27 bits per heavy atom. The standard InChI is InChI=1S/C11H22N2O2/c1-11(2,10(14)15-3)8-13-6-4-5-9(13)7-12/h9H,4-8,12H2,1-3H3. The van der Waals surface area contributed by atoms with E-state index in [1.54, 1.807) is 0 Å². The van der Waals surface area contributed by atoms with E-state index in [1.807, 2.05) is 13.8 Å². The van der Waals surface area contributed by atoms with Gasteiger partial charge in [-0.15, -0.1) is 0 Å². The molecule has 4 nitrogen and oxygen atoms in total. The van der Waals surface area contributed by atoms with E-state index >= 15 is 0 Å². The lowest BCUT2D eigenvalue weighted by Crippen LogP contribution is -2.44. The van der Waals surface area contributed by atoms with Crippen LogP contribution in [-0.4, -0.2) is 43.7 Å². The van der Waals surface area contributed by atoms with Crippen molar-refractivity contribution in [2.24, 2.45) is 11.1 Å². The second-order valence-electron chi connectivity index (χ2n) is 4.88. The lowest BCUT2D eigenvalue weighted by Gasteiger charge is -2.31. The van der Waals surface area contributed by atoms with Crippen molar-refractivity contribution in [3.05, 3.63) is 0 Å². The molecule has 1 saturated heterocycles. The Morgan fingerprint density at radius 3 is 2.80 bits per heavy atom. The third kappa shape index (κ3) is 2.92. The lowest BCUT2D eigenvalue weighted by molar-refractivity contribution is -0.151. The van der Waals surface area contributed by atoms with Gasteiger partial charge in [-0.3, -0.25) is 9.69 Å². The van der Waals surface area contributed by atoms with Gasteiger partial charge in [-0.05, 0) is 33.2 Å². The topological polar surface area (TPSA) is 55.6 Å². The van der Waals surface area contributed by atoms with Crippen LogP contribution >= 0.6 is 0 Å². The van der Waals surface area contributed by atoms with Gasteiger partial charge in [0.1, 0.15) is 0 Å². The number of likely N-dealkylation sites (tertiary alicyclic amines) is 1. The van der Waals surface area contributed by atoms with Gasteiger partial charge in [0.25, 0.3) is 0 Å². The number of methoxy groups -OCH3 is 1. The normalized spacial score (nSPS) is 23.1. The number of nitrogens with two attached hydrogens (primary N) is 1. The maximum Gasteiger partial charge on any atom is 0.312 e. The molecule has 1 rings (SSSR count). The summed E-state index contributed by atoms with van der Waals surface area (Å²) >= 11 is 0. The van der Waals surface area contributed by atoms with Gasteiger partial charge >= 0.3 is 5.97 Å². The van der Waals surface area contributed by atoms with E-state index < -0.39 is 5.41 Å². The third-order valence-corrected chi connectivity index (χ3v) is 3.11. The summed E-state index contributed by atoms with van der Waals surface area (Å²) in [5.74, 6) is -0.148. The largest absolute Gasteiger partial charge is 0.469 e. The van der Waals surface area contributed by atoms with Gasteiger partial charge in [0, 0.05) is 19.1 Å². The molecule has 0 bridgehead atoms. The molecule has 4 heteroatoms. The van der Waals surface area contributed by atoms with E-state index in [2.05, 4.69) is 4.90 Å². The maximum atomic E-state index is 11.5. The van der Waals surface area contributed by atoms with E-state index in [-0.39, 0.29) is 5.97 Å². The highest BCUT2D eigenvalue weighted by atomic mass is 16.5. The molecule has 1 atom stereocenters.